The summed E-state index contributed by atoms with van der Waals surface area (Å²) in [4.78, 5) is 28.5. The van der Waals surface area contributed by atoms with Crippen LogP contribution in [-0.2, 0) is 26.2 Å². The third-order valence-electron chi connectivity index (χ3n) is 6.71. The van der Waals surface area contributed by atoms with Crippen molar-refractivity contribution in [1.82, 2.24) is 10.2 Å². The minimum Gasteiger partial charge on any atom is -0.497 e. The maximum atomic E-state index is 14.0. The summed E-state index contributed by atoms with van der Waals surface area (Å²) in [5, 5.41) is 3.10. The number of nitrogens with one attached hydrogen (secondary N) is 1. The Balaban J connectivity index is 2.04. The third kappa shape index (κ3) is 7.92. The van der Waals surface area contributed by atoms with Gasteiger partial charge in [0, 0.05) is 12.6 Å². The average molecular weight is 602 g/mol. The zero-order valence-electron chi connectivity index (χ0n) is 23.8. The Morgan fingerprint density at radius 3 is 2.17 bits per heavy atom. The topological polar surface area (TPSA) is 105 Å². The average Bonchev–Trinajstić information content (AvgIpc) is 2.98. The molecular weight excluding hydrogens is 566 g/mol. The molecule has 0 aliphatic heterocycles. The van der Waals surface area contributed by atoms with Crippen LogP contribution in [0.5, 0.6) is 11.5 Å². The van der Waals surface area contributed by atoms with Crippen LogP contribution in [0.25, 0.3) is 0 Å². The van der Waals surface area contributed by atoms with Crippen molar-refractivity contribution in [3.8, 4) is 11.5 Å². The number of methoxy groups -OCH3 is 2. The van der Waals surface area contributed by atoms with Gasteiger partial charge < -0.3 is 19.7 Å². The lowest BCUT2D eigenvalue weighted by Gasteiger charge is -2.32. The number of carbonyl (C=O) groups excluding carboxylic acids is 2. The summed E-state index contributed by atoms with van der Waals surface area (Å²) in [6.45, 7) is 4.95. The van der Waals surface area contributed by atoms with Crippen LogP contribution in [0.2, 0.25) is 5.02 Å². The SMILES string of the molecule is CC[C@H](C)NC(=O)[C@H](C)N(Cc1ccc(OC)cc1)C(=O)CN(c1ccc(OC)c(Cl)c1)S(=O)(=O)c1ccccc1. The minimum absolute atomic E-state index is 0.00371. The molecule has 0 unspecified atom stereocenters. The summed E-state index contributed by atoms with van der Waals surface area (Å²) >= 11 is 6.35. The summed E-state index contributed by atoms with van der Waals surface area (Å²) in [6, 6.07) is 18.4. The van der Waals surface area contributed by atoms with E-state index in [9.17, 15) is 18.0 Å². The van der Waals surface area contributed by atoms with E-state index in [0.29, 0.717) is 17.9 Å². The fourth-order valence-corrected chi connectivity index (χ4v) is 5.71. The molecule has 0 saturated heterocycles. The first kappa shape index (κ1) is 31.8. The maximum absolute atomic E-state index is 14.0. The van der Waals surface area contributed by atoms with Gasteiger partial charge >= 0.3 is 0 Å². The lowest BCUT2D eigenvalue weighted by Crippen LogP contribution is -2.52. The molecule has 0 aromatic heterocycles. The Morgan fingerprint density at radius 1 is 0.951 bits per heavy atom. The van der Waals surface area contributed by atoms with Crippen LogP contribution in [0.3, 0.4) is 0 Å². The molecule has 3 aromatic rings. The van der Waals surface area contributed by atoms with Crippen molar-refractivity contribution in [2.75, 3.05) is 25.1 Å². The van der Waals surface area contributed by atoms with Crippen LogP contribution in [0, 0.1) is 0 Å². The molecule has 41 heavy (non-hydrogen) atoms. The molecule has 3 rings (SSSR count). The third-order valence-corrected chi connectivity index (χ3v) is 8.80. The van der Waals surface area contributed by atoms with E-state index < -0.39 is 28.5 Å². The Morgan fingerprint density at radius 2 is 1.61 bits per heavy atom. The number of benzene rings is 3. The molecule has 0 radical (unpaired) electrons. The highest BCUT2D eigenvalue weighted by molar-refractivity contribution is 7.92. The van der Waals surface area contributed by atoms with Gasteiger partial charge in [0.15, 0.2) is 0 Å². The number of ether oxygens (including phenoxy) is 2. The van der Waals surface area contributed by atoms with Gasteiger partial charge in [0.25, 0.3) is 10.0 Å². The van der Waals surface area contributed by atoms with E-state index in [4.69, 9.17) is 21.1 Å². The molecule has 9 nitrogen and oxygen atoms in total. The second-order valence-electron chi connectivity index (χ2n) is 9.51. The predicted molar refractivity (Wildman–Crippen MR) is 160 cm³/mol. The van der Waals surface area contributed by atoms with Crippen LogP contribution >= 0.6 is 11.6 Å². The smallest absolute Gasteiger partial charge is 0.264 e. The van der Waals surface area contributed by atoms with E-state index in [1.165, 1.54) is 42.3 Å². The Hall–Kier alpha value is -3.76. The molecular formula is C30H36ClN3O6S. The molecule has 0 spiro atoms. The van der Waals surface area contributed by atoms with Crippen molar-refractivity contribution in [2.24, 2.45) is 0 Å². The predicted octanol–water partition coefficient (Wildman–Crippen LogP) is 4.88. The van der Waals surface area contributed by atoms with Gasteiger partial charge in [-0.15, -0.1) is 0 Å². The second-order valence-corrected chi connectivity index (χ2v) is 11.8. The fraction of sp³-hybridized carbons (Fsp3) is 0.333. The molecule has 1 N–H and O–H groups in total. The van der Waals surface area contributed by atoms with E-state index in [-0.39, 0.29) is 34.1 Å². The number of nitrogens with zero attached hydrogens (tertiary/aromatic N) is 2. The molecule has 2 atom stereocenters. The highest BCUT2D eigenvalue weighted by Gasteiger charge is 2.33. The van der Waals surface area contributed by atoms with Gasteiger partial charge in [-0.2, -0.15) is 0 Å². The maximum Gasteiger partial charge on any atom is 0.264 e. The first-order valence-corrected chi connectivity index (χ1v) is 15.0. The molecule has 3 aromatic carbocycles. The van der Waals surface area contributed by atoms with Crippen molar-refractivity contribution >= 4 is 39.1 Å². The fourth-order valence-electron chi connectivity index (χ4n) is 4.03. The molecule has 2 amide bonds. The van der Waals surface area contributed by atoms with Gasteiger partial charge in [0.2, 0.25) is 11.8 Å². The van der Waals surface area contributed by atoms with Crippen LogP contribution in [-0.4, -0.2) is 58.0 Å². The first-order valence-electron chi connectivity index (χ1n) is 13.2. The van der Waals surface area contributed by atoms with Crippen LogP contribution in [0.4, 0.5) is 5.69 Å². The van der Waals surface area contributed by atoms with Gasteiger partial charge in [-0.3, -0.25) is 13.9 Å². The van der Waals surface area contributed by atoms with E-state index in [2.05, 4.69) is 5.32 Å². The summed E-state index contributed by atoms with van der Waals surface area (Å²) in [5.41, 5.74) is 0.918. The molecule has 220 valence electrons. The van der Waals surface area contributed by atoms with E-state index >= 15 is 0 Å². The molecule has 0 saturated carbocycles. The molecule has 11 heteroatoms. The quantitative estimate of drug-likeness (QED) is 0.299. The molecule has 0 bridgehead atoms. The molecule has 0 fully saturated rings. The monoisotopic (exact) mass is 601 g/mol. The van der Waals surface area contributed by atoms with Gasteiger partial charge in [0.05, 0.1) is 29.8 Å². The number of hydrogen-bond acceptors (Lipinski definition) is 6. The number of rotatable bonds is 13. The van der Waals surface area contributed by atoms with Gasteiger partial charge in [-0.05, 0) is 68.3 Å². The molecule has 0 aliphatic rings. The van der Waals surface area contributed by atoms with E-state index in [0.717, 1.165) is 9.87 Å². The van der Waals surface area contributed by atoms with Crippen LogP contribution < -0.4 is 19.1 Å². The summed E-state index contributed by atoms with van der Waals surface area (Å²) in [7, 11) is -1.20. The van der Waals surface area contributed by atoms with E-state index in [1.807, 2.05) is 13.8 Å². The molecule has 0 heterocycles. The highest BCUT2D eigenvalue weighted by Crippen LogP contribution is 2.32. The zero-order valence-corrected chi connectivity index (χ0v) is 25.4. The summed E-state index contributed by atoms with van der Waals surface area (Å²) in [5.74, 6) is 0.0891. The standard InChI is InChI=1S/C30H36ClN3O6S/c1-6-21(2)32-30(36)22(3)33(19-23-12-15-25(39-4)16-13-23)29(35)20-34(24-14-17-28(40-5)27(31)18-24)41(37,38)26-10-8-7-9-11-26/h7-18,21-22H,6,19-20H2,1-5H3,(H,32,36)/t21-,22-/m0/s1. The minimum atomic E-state index is -4.20. The Kier molecular flexibility index (Phi) is 11.0. The number of sulfonamides is 1. The lowest BCUT2D eigenvalue weighted by atomic mass is 10.1. The van der Waals surface area contributed by atoms with Gasteiger partial charge in [0.1, 0.15) is 24.1 Å². The summed E-state index contributed by atoms with van der Waals surface area (Å²) in [6.07, 6.45) is 0.714. The van der Waals surface area contributed by atoms with Crippen molar-refractivity contribution < 1.29 is 27.5 Å². The summed E-state index contributed by atoms with van der Waals surface area (Å²) < 4.78 is 39.2. The molecule has 0 aliphatic carbocycles. The highest BCUT2D eigenvalue weighted by atomic mass is 35.5. The van der Waals surface area contributed by atoms with Crippen molar-refractivity contribution in [2.45, 2.75) is 50.7 Å². The van der Waals surface area contributed by atoms with Crippen molar-refractivity contribution in [3.63, 3.8) is 0 Å². The van der Waals surface area contributed by atoms with Gasteiger partial charge in [-0.25, -0.2) is 8.42 Å². The zero-order chi connectivity index (χ0) is 30.2. The van der Waals surface area contributed by atoms with Crippen molar-refractivity contribution in [1.29, 1.82) is 0 Å². The largest absolute Gasteiger partial charge is 0.497 e. The number of carbonyl (C=O) groups is 2. The lowest BCUT2D eigenvalue weighted by molar-refractivity contribution is -0.139. The Bertz CT molecular complexity index is 1430. The normalized spacial score (nSPS) is 12.6. The van der Waals surface area contributed by atoms with Gasteiger partial charge in [-0.1, -0.05) is 48.9 Å². The van der Waals surface area contributed by atoms with Crippen LogP contribution in [0.15, 0.2) is 77.7 Å². The number of anilines is 1. The Labute approximate surface area is 247 Å². The first-order chi connectivity index (χ1) is 19.5. The van der Waals surface area contributed by atoms with Crippen molar-refractivity contribution in [3.05, 3.63) is 83.4 Å². The number of halogens is 1. The number of hydrogen-bond donors (Lipinski definition) is 1. The second kappa shape index (κ2) is 14.2. The van der Waals surface area contributed by atoms with Crippen LogP contribution in [0.1, 0.15) is 32.8 Å². The van der Waals surface area contributed by atoms with E-state index in [1.54, 1.807) is 56.5 Å². The number of amides is 2.